The van der Waals surface area contributed by atoms with Crippen molar-refractivity contribution in [3.63, 3.8) is 0 Å². The Morgan fingerprint density at radius 3 is 1.53 bits per heavy atom. The van der Waals surface area contributed by atoms with Gasteiger partial charge in [0, 0.05) is 24.2 Å². The van der Waals surface area contributed by atoms with E-state index in [1.165, 1.54) is 4.31 Å². The molecule has 3 aromatic rings. The van der Waals surface area contributed by atoms with Gasteiger partial charge in [-0.25, -0.2) is 9.52 Å². The largest absolute Gasteiger partial charge is 0.427 e. The molecule has 0 aromatic heterocycles. The highest BCUT2D eigenvalue weighted by atomic mass is 32.2. The monoisotopic (exact) mass is 508 g/mol. The number of nitrogens with zero attached hydrogens (tertiary/aromatic N) is 1. The first kappa shape index (κ1) is 27.4. The van der Waals surface area contributed by atoms with E-state index in [1.807, 2.05) is 120 Å². The number of rotatable bonds is 7. The lowest BCUT2D eigenvalue weighted by Gasteiger charge is -2.29. The molecule has 3 rings (SSSR count). The van der Waals surface area contributed by atoms with Gasteiger partial charge in [0.05, 0.1) is 0 Å². The molecule has 0 radical (unpaired) electrons. The molecule has 0 saturated carbocycles. The highest BCUT2D eigenvalue weighted by molar-refractivity contribution is 7.87. The first-order valence-corrected chi connectivity index (χ1v) is 13.4. The minimum atomic E-state index is -4.23. The molecule has 0 aliphatic rings. The summed E-state index contributed by atoms with van der Waals surface area (Å²) in [6.07, 6.45) is -1.04. The first-order chi connectivity index (χ1) is 16.8. The van der Waals surface area contributed by atoms with Crippen LogP contribution in [0.15, 0.2) is 78.9 Å². The summed E-state index contributed by atoms with van der Waals surface area (Å²) in [5, 5.41) is 0. The second kappa shape index (κ2) is 10.8. The van der Waals surface area contributed by atoms with Gasteiger partial charge in [-0.1, -0.05) is 120 Å². The number of hydrogen-bond acceptors (Lipinski definition) is 4. The SMILES string of the molecule is CC(C)(C)c1cccc(C(C)(C)C)c1OC(=O)NS(=O)(=O)N(Cc1ccccc1)Cc1ccccc1. The molecule has 6 nitrogen and oxygen atoms in total. The second-order valence-electron chi connectivity index (χ2n) is 10.9. The van der Waals surface area contributed by atoms with Crippen molar-refractivity contribution in [2.75, 3.05) is 0 Å². The Labute approximate surface area is 215 Å². The lowest BCUT2D eigenvalue weighted by Crippen LogP contribution is -2.44. The van der Waals surface area contributed by atoms with Crippen LogP contribution in [0.25, 0.3) is 0 Å². The zero-order valence-electron chi connectivity index (χ0n) is 21.9. The van der Waals surface area contributed by atoms with Crippen LogP contribution >= 0.6 is 0 Å². The Morgan fingerprint density at radius 2 is 1.14 bits per heavy atom. The molecule has 36 heavy (non-hydrogen) atoms. The molecule has 0 bridgehead atoms. The fourth-order valence-corrected chi connectivity index (χ4v) is 4.93. The number of amides is 1. The zero-order valence-corrected chi connectivity index (χ0v) is 22.7. The molecule has 0 fully saturated rings. The molecule has 0 heterocycles. The predicted molar refractivity (Wildman–Crippen MR) is 144 cm³/mol. The molecule has 0 saturated heterocycles. The quantitative estimate of drug-likeness (QED) is 0.405. The van der Waals surface area contributed by atoms with Crippen LogP contribution < -0.4 is 9.46 Å². The van der Waals surface area contributed by atoms with E-state index in [0.29, 0.717) is 5.75 Å². The normalized spacial score (nSPS) is 12.4. The van der Waals surface area contributed by atoms with Crippen molar-refractivity contribution >= 4 is 16.3 Å². The summed E-state index contributed by atoms with van der Waals surface area (Å²) in [7, 11) is -4.23. The van der Waals surface area contributed by atoms with Gasteiger partial charge >= 0.3 is 16.3 Å². The van der Waals surface area contributed by atoms with Crippen LogP contribution in [0.2, 0.25) is 0 Å². The van der Waals surface area contributed by atoms with Crippen LogP contribution in [0.5, 0.6) is 5.75 Å². The number of carbonyl (C=O) groups is 1. The fourth-order valence-electron chi connectivity index (χ4n) is 3.91. The van der Waals surface area contributed by atoms with Crippen molar-refractivity contribution < 1.29 is 17.9 Å². The zero-order chi connectivity index (χ0) is 26.6. The summed E-state index contributed by atoms with van der Waals surface area (Å²) < 4.78 is 36.0. The number of benzene rings is 3. The molecule has 1 amide bonds. The van der Waals surface area contributed by atoms with E-state index in [-0.39, 0.29) is 23.9 Å². The lowest BCUT2D eigenvalue weighted by atomic mass is 9.79. The third-order valence-corrected chi connectivity index (χ3v) is 7.14. The van der Waals surface area contributed by atoms with Crippen molar-refractivity contribution in [1.29, 1.82) is 0 Å². The third-order valence-electron chi connectivity index (χ3n) is 5.78. The van der Waals surface area contributed by atoms with Crippen molar-refractivity contribution in [1.82, 2.24) is 9.03 Å². The highest BCUT2D eigenvalue weighted by Gasteiger charge is 2.30. The number of nitrogens with one attached hydrogen (secondary N) is 1. The predicted octanol–water partition coefficient (Wildman–Crippen LogP) is 6.32. The van der Waals surface area contributed by atoms with Gasteiger partial charge in [0.1, 0.15) is 5.75 Å². The van der Waals surface area contributed by atoms with E-state index in [0.717, 1.165) is 22.3 Å². The van der Waals surface area contributed by atoms with E-state index >= 15 is 0 Å². The second-order valence-corrected chi connectivity index (χ2v) is 12.6. The van der Waals surface area contributed by atoms with Crippen LogP contribution in [-0.4, -0.2) is 18.8 Å². The average molecular weight is 509 g/mol. The molecule has 0 atom stereocenters. The first-order valence-electron chi connectivity index (χ1n) is 12.0. The average Bonchev–Trinajstić information content (AvgIpc) is 2.78. The molecule has 7 heteroatoms. The molecule has 3 aromatic carbocycles. The van der Waals surface area contributed by atoms with Gasteiger partial charge in [-0.2, -0.15) is 12.7 Å². The summed E-state index contributed by atoms with van der Waals surface area (Å²) in [4.78, 5) is 13.1. The molecule has 1 N–H and O–H groups in total. The van der Waals surface area contributed by atoms with Crippen molar-refractivity contribution in [2.24, 2.45) is 0 Å². The van der Waals surface area contributed by atoms with E-state index in [1.54, 1.807) is 0 Å². The van der Waals surface area contributed by atoms with Gasteiger partial charge in [0.2, 0.25) is 0 Å². The van der Waals surface area contributed by atoms with Crippen LogP contribution in [-0.2, 0) is 34.1 Å². The molecule has 0 spiro atoms. The summed E-state index contributed by atoms with van der Waals surface area (Å²) in [6, 6.07) is 24.3. The Morgan fingerprint density at radius 1 is 0.722 bits per heavy atom. The number of para-hydroxylation sites is 1. The summed E-state index contributed by atoms with van der Waals surface area (Å²) in [5.74, 6) is 0.392. The topological polar surface area (TPSA) is 75.7 Å². The summed E-state index contributed by atoms with van der Waals surface area (Å²) in [6.45, 7) is 12.4. The molecular formula is C29H36N2O4S. The number of hydrogen-bond donors (Lipinski definition) is 1. The maximum atomic E-state index is 13.4. The Hall–Kier alpha value is -3.16. The fraction of sp³-hybridized carbons (Fsp3) is 0.345. The van der Waals surface area contributed by atoms with Crippen LogP contribution in [0.1, 0.15) is 63.8 Å². The van der Waals surface area contributed by atoms with Gasteiger partial charge in [-0.3, -0.25) is 0 Å². The molecule has 0 unspecified atom stereocenters. The summed E-state index contributed by atoms with van der Waals surface area (Å²) >= 11 is 0. The van der Waals surface area contributed by atoms with Crippen molar-refractivity contribution in [3.05, 3.63) is 101 Å². The number of ether oxygens (including phenoxy) is 1. The number of carbonyl (C=O) groups excluding carboxylic acids is 1. The molecular weight excluding hydrogens is 472 g/mol. The smallest absolute Gasteiger partial charge is 0.409 e. The van der Waals surface area contributed by atoms with Gasteiger partial charge in [-0.05, 0) is 22.0 Å². The van der Waals surface area contributed by atoms with Crippen LogP contribution in [0, 0.1) is 0 Å². The van der Waals surface area contributed by atoms with Crippen molar-refractivity contribution in [3.8, 4) is 5.75 Å². The standard InChI is InChI=1S/C29H36N2O4S/c1-28(2,3)24-18-13-19-25(29(4,5)6)26(24)35-27(32)30-36(33,34)31(20-22-14-9-7-10-15-22)21-23-16-11-8-12-17-23/h7-19H,20-21H2,1-6H3,(H,30,32). The van der Waals surface area contributed by atoms with Gasteiger partial charge in [0.25, 0.3) is 0 Å². The minimum absolute atomic E-state index is 0.101. The van der Waals surface area contributed by atoms with Gasteiger partial charge in [0.15, 0.2) is 0 Å². The Balaban J connectivity index is 1.91. The lowest BCUT2D eigenvalue weighted by molar-refractivity contribution is 0.203. The van der Waals surface area contributed by atoms with Crippen LogP contribution in [0.4, 0.5) is 4.79 Å². The van der Waals surface area contributed by atoms with Crippen molar-refractivity contribution in [2.45, 2.75) is 65.5 Å². The van der Waals surface area contributed by atoms with E-state index < -0.39 is 16.3 Å². The third kappa shape index (κ3) is 7.18. The van der Waals surface area contributed by atoms with Crippen LogP contribution in [0.3, 0.4) is 0 Å². The Bertz CT molecular complexity index is 1200. The van der Waals surface area contributed by atoms with Gasteiger partial charge in [-0.15, -0.1) is 0 Å². The van der Waals surface area contributed by atoms with Gasteiger partial charge < -0.3 is 4.74 Å². The Kier molecular flexibility index (Phi) is 8.26. The molecule has 0 aliphatic carbocycles. The van der Waals surface area contributed by atoms with E-state index in [9.17, 15) is 13.2 Å². The maximum absolute atomic E-state index is 13.4. The highest BCUT2D eigenvalue weighted by Crippen LogP contribution is 2.39. The maximum Gasteiger partial charge on any atom is 0.427 e. The van der Waals surface area contributed by atoms with E-state index in [2.05, 4.69) is 4.72 Å². The molecule has 192 valence electrons. The van der Waals surface area contributed by atoms with E-state index in [4.69, 9.17) is 4.74 Å². The minimum Gasteiger partial charge on any atom is -0.409 e. The molecule has 0 aliphatic heterocycles. The summed E-state index contributed by atoms with van der Waals surface area (Å²) in [5.41, 5.74) is 2.63.